The highest BCUT2D eigenvalue weighted by molar-refractivity contribution is 9.09. The molecule has 1 atom stereocenters. The van der Waals surface area contributed by atoms with Crippen LogP contribution in [-0.4, -0.2) is 20.7 Å². The number of benzene rings is 1. The van der Waals surface area contributed by atoms with Gasteiger partial charge in [0.1, 0.15) is 10.4 Å². The number of nitrogens with zero attached hydrogens (tertiary/aromatic N) is 2. The van der Waals surface area contributed by atoms with Crippen molar-refractivity contribution in [2.45, 2.75) is 63.4 Å². The molecule has 1 aliphatic carbocycles. The first-order valence-corrected chi connectivity index (χ1v) is 9.45. The third kappa shape index (κ3) is 3.16. The van der Waals surface area contributed by atoms with Crippen LogP contribution in [0.1, 0.15) is 56.5 Å². The molecule has 0 saturated heterocycles. The van der Waals surface area contributed by atoms with Crippen molar-refractivity contribution in [3.63, 3.8) is 0 Å². The maximum atomic E-state index is 12.9. The van der Waals surface area contributed by atoms with Gasteiger partial charge in [0.2, 0.25) is 0 Å². The number of ether oxygens (including phenoxy) is 1. The zero-order valence-electron chi connectivity index (χ0n) is 15.6. The monoisotopic (exact) mass is 408 g/mol. The minimum absolute atomic E-state index is 0.0364. The second kappa shape index (κ2) is 5.73. The van der Waals surface area contributed by atoms with Crippen LogP contribution < -0.4 is 5.69 Å². The first-order chi connectivity index (χ1) is 11.4. The summed E-state index contributed by atoms with van der Waals surface area (Å²) >= 11 is 3.49. The number of hydrogen-bond donors (Lipinski definition) is 0. The van der Waals surface area contributed by atoms with E-state index < -0.39 is 10.4 Å². The number of hydrogen-bond acceptors (Lipinski definition) is 3. The van der Waals surface area contributed by atoms with E-state index in [9.17, 15) is 9.59 Å². The number of alkyl halides is 1. The van der Waals surface area contributed by atoms with Gasteiger partial charge in [-0.2, -0.15) is 0 Å². The van der Waals surface area contributed by atoms with Gasteiger partial charge in [0.05, 0.1) is 11.0 Å². The Bertz CT molecular complexity index is 913. The van der Waals surface area contributed by atoms with Crippen molar-refractivity contribution in [2.24, 2.45) is 7.05 Å². The zero-order chi connectivity index (χ0) is 18.7. The molecule has 1 heterocycles. The van der Waals surface area contributed by atoms with Gasteiger partial charge in [-0.3, -0.25) is 13.9 Å². The molecule has 2 aromatic rings. The molecule has 3 rings (SSSR count). The summed E-state index contributed by atoms with van der Waals surface area (Å²) in [5.74, 6) is -0.350. The van der Waals surface area contributed by atoms with Gasteiger partial charge in [0.25, 0.3) is 0 Å². The lowest BCUT2D eigenvalue weighted by atomic mass is 10.1. The molecule has 1 aromatic heterocycles. The van der Waals surface area contributed by atoms with Crippen LogP contribution in [0.3, 0.4) is 0 Å². The van der Waals surface area contributed by atoms with Crippen LogP contribution in [0.15, 0.2) is 16.9 Å². The maximum absolute atomic E-state index is 12.9. The van der Waals surface area contributed by atoms with Crippen LogP contribution in [0.5, 0.6) is 0 Å². The molecule has 136 valence electrons. The van der Waals surface area contributed by atoms with Crippen molar-refractivity contribution >= 4 is 32.9 Å². The third-order valence-corrected chi connectivity index (χ3v) is 5.59. The van der Waals surface area contributed by atoms with E-state index in [2.05, 4.69) is 22.9 Å². The van der Waals surface area contributed by atoms with E-state index in [1.807, 2.05) is 44.4 Å². The summed E-state index contributed by atoms with van der Waals surface area (Å²) < 4.78 is 9.05. The number of carbonyl (C=O) groups excluding carboxylic acids is 1. The van der Waals surface area contributed by atoms with Crippen molar-refractivity contribution in [3.05, 3.63) is 33.7 Å². The number of imidazole rings is 1. The van der Waals surface area contributed by atoms with Crippen LogP contribution in [0.2, 0.25) is 0 Å². The quantitative estimate of drug-likeness (QED) is 0.570. The predicted octanol–water partition coefficient (Wildman–Crippen LogP) is 3.94. The van der Waals surface area contributed by atoms with E-state index in [0.29, 0.717) is 0 Å². The summed E-state index contributed by atoms with van der Waals surface area (Å²) in [5, 5.41) is 0. The largest absolute Gasteiger partial charge is 0.459 e. The van der Waals surface area contributed by atoms with Gasteiger partial charge in [-0.05, 0) is 59.1 Å². The van der Waals surface area contributed by atoms with Crippen molar-refractivity contribution in [3.8, 4) is 0 Å². The first-order valence-electron chi connectivity index (χ1n) is 8.54. The second-order valence-electron chi connectivity index (χ2n) is 8.29. The molecule has 0 amide bonds. The van der Waals surface area contributed by atoms with Crippen molar-refractivity contribution in [2.75, 3.05) is 0 Å². The fourth-order valence-corrected chi connectivity index (χ4v) is 3.71. The number of aromatic nitrogens is 2. The second-order valence-corrected chi connectivity index (χ2v) is 9.21. The Balaban J connectivity index is 2.20. The fraction of sp³-hybridized carbons (Fsp3) is 0.579. The molecule has 6 heteroatoms. The topological polar surface area (TPSA) is 53.2 Å². The van der Waals surface area contributed by atoms with Gasteiger partial charge in [-0.1, -0.05) is 22.0 Å². The number of aryl methyl sites for hydroxylation is 2. The molecule has 0 radical (unpaired) electrons. The van der Waals surface area contributed by atoms with Gasteiger partial charge in [0.15, 0.2) is 0 Å². The lowest BCUT2D eigenvalue weighted by molar-refractivity contribution is -0.154. The van der Waals surface area contributed by atoms with E-state index in [1.54, 1.807) is 11.6 Å². The molecule has 0 spiro atoms. The van der Waals surface area contributed by atoms with E-state index in [0.717, 1.165) is 35.0 Å². The highest BCUT2D eigenvalue weighted by Crippen LogP contribution is 2.44. The Kier molecular flexibility index (Phi) is 4.18. The van der Waals surface area contributed by atoms with Gasteiger partial charge >= 0.3 is 11.7 Å². The Hall–Kier alpha value is -1.56. The van der Waals surface area contributed by atoms with Crippen molar-refractivity contribution < 1.29 is 9.53 Å². The third-order valence-electron chi connectivity index (χ3n) is 4.72. The zero-order valence-corrected chi connectivity index (χ0v) is 17.2. The van der Waals surface area contributed by atoms with E-state index >= 15 is 0 Å². The van der Waals surface area contributed by atoms with Gasteiger partial charge < -0.3 is 4.74 Å². The van der Waals surface area contributed by atoms with E-state index in [4.69, 9.17) is 4.74 Å². The molecule has 5 nitrogen and oxygen atoms in total. The molecule has 1 aromatic carbocycles. The van der Waals surface area contributed by atoms with Crippen LogP contribution >= 0.6 is 15.9 Å². The Labute approximate surface area is 156 Å². The highest BCUT2D eigenvalue weighted by atomic mass is 79.9. The lowest BCUT2D eigenvalue weighted by Crippen LogP contribution is -2.29. The Morgan fingerprint density at radius 1 is 1.32 bits per heavy atom. The number of halogens is 1. The molecule has 1 fully saturated rings. The molecule has 25 heavy (non-hydrogen) atoms. The van der Waals surface area contributed by atoms with Crippen molar-refractivity contribution in [1.82, 2.24) is 9.13 Å². The number of esters is 1. The summed E-state index contributed by atoms with van der Waals surface area (Å²) in [6.45, 7) is 9.62. The minimum Gasteiger partial charge on any atom is -0.459 e. The van der Waals surface area contributed by atoms with Gasteiger partial charge in [0, 0.05) is 18.2 Å². The predicted molar refractivity (Wildman–Crippen MR) is 102 cm³/mol. The summed E-state index contributed by atoms with van der Waals surface area (Å²) in [5.41, 5.74) is 2.74. The average molecular weight is 409 g/mol. The lowest BCUT2D eigenvalue weighted by Gasteiger charge is -2.22. The number of rotatable bonds is 3. The standard InChI is InChI=1S/C19H25BrN2O3/c1-11-9-12(14(20)16(23)25-18(2,3)4)15-13(10-11)22(17(24)21(15)6)19(5)7-8-19/h9-10,14H,7-8H2,1-6H3. The Morgan fingerprint density at radius 3 is 2.44 bits per heavy atom. The molecule has 1 unspecified atom stereocenters. The molecule has 0 N–H and O–H groups in total. The highest BCUT2D eigenvalue weighted by Gasteiger charge is 2.42. The number of carbonyl (C=O) groups is 1. The summed E-state index contributed by atoms with van der Waals surface area (Å²) in [7, 11) is 1.76. The van der Waals surface area contributed by atoms with Gasteiger partial charge in [-0.25, -0.2) is 4.79 Å². The molecular formula is C19H25BrN2O3. The fourth-order valence-electron chi connectivity index (χ4n) is 3.27. The normalized spacial score (nSPS) is 17.6. The van der Waals surface area contributed by atoms with Crippen molar-refractivity contribution in [1.29, 1.82) is 0 Å². The molecule has 1 aliphatic rings. The van der Waals surface area contributed by atoms with Gasteiger partial charge in [-0.15, -0.1) is 0 Å². The summed E-state index contributed by atoms with van der Waals surface area (Å²) in [4.78, 5) is 24.8. The SMILES string of the molecule is Cc1cc(C(Br)C(=O)OC(C)(C)C)c2c(c1)n(C1(C)CC1)c(=O)n2C. The van der Waals surface area contributed by atoms with E-state index in [1.165, 1.54) is 0 Å². The minimum atomic E-state index is -0.623. The molecular weight excluding hydrogens is 384 g/mol. The van der Waals surface area contributed by atoms with Crippen LogP contribution in [0.25, 0.3) is 11.0 Å². The average Bonchev–Trinajstić information content (AvgIpc) is 3.15. The first kappa shape index (κ1) is 18.2. The smallest absolute Gasteiger partial charge is 0.329 e. The summed E-state index contributed by atoms with van der Waals surface area (Å²) in [6, 6.07) is 3.98. The Morgan fingerprint density at radius 2 is 1.92 bits per heavy atom. The maximum Gasteiger partial charge on any atom is 0.329 e. The molecule has 0 aliphatic heterocycles. The summed E-state index contributed by atoms with van der Waals surface area (Å²) in [6.07, 6.45) is 2.00. The van der Waals surface area contributed by atoms with Crippen LogP contribution in [0.4, 0.5) is 0 Å². The molecule has 0 bridgehead atoms. The molecule has 1 saturated carbocycles. The van der Waals surface area contributed by atoms with Crippen LogP contribution in [-0.2, 0) is 22.1 Å². The van der Waals surface area contributed by atoms with E-state index in [-0.39, 0.29) is 17.2 Å². The van der Waals surface area contributed by atoms with Crippen LogP contribution in [0, 0.1) is 6.92 Å². The number of fused-ring (bicyclic) bond motifs is 1.